The van der Waals surface area contributed by atoms with Crippen molar-refractivity contribution in [3.8, 4) is 0 Å². The number of nitrogens with one attached hydrogen (secondary N) is 1. The minimum Gasteiger partial charge on any atom is -0.452 e. The minimum atomic E-state index is -3.87. The van der Waals surface area contributed by atoms with E-state index in [1.807, 2.05) is 47.8 Å². The van der Waals surface area contributed by atoms with Crippen molar-refractivity contribution in [3.05, 3.63) is 92.2 Å². The molecule has 3 aromatic rings. The van der Waals surface area contributed by atoms with E-state index in [4.69, 9.17) is 4.74 Å². The van der Waals surface area contributed by atoms with Gasteiger partial charge in [-0.3, -0.25) is 14.9 Å². The van der Waals surface area contributed by atoms with E-state index in [1.165, 1.54) is 11.3 Å². The first kappa shape index (κ1) is 23.1. The number of hydrogen-bond donors (Lipinski definition) is 1. The molecule has 3 rings (SSSR count). The minimum absolute atomic E-state index is 0.241. The van der Waals surface area contributed by atoms with Crippen LogP contribution in [0.4, 0.5) is 5.69 Å². The molecule has 0 saturated heterocycles. The average Bonchev–Trinajstić information content (AvgIpc) is 3.30. The van der Waals surface area contributed by atoms with Crippen molar-refractivity contribution >= 4 is 38.7 Å². The maximum atomic E-state index is 12.4. The highest BCUT2D eigenvalue weighted by Crippen LogP contribution is 2.27. The number of nitro benzene ring substituents is 1. The van der Waals surface area contributed by atoms with E-state index >= 15 is 0 Å². The zero-order valence-corrected chi connectivity index (χ0v) is 18.4. The third-order valence-corrected chi connectivity index (χ3v) is 6.47. The SMILES string of the molecule is CS(=O)(=O)c1ccc(C(=O)OCC(=O)NC(c2ccccc2)c2cccs2)cc1[N+](=O)[O-]. The lowest BCUT2D eigenvalue weighted by molar-refractivity contribution is -0.387. The number of carbonyl (C=O) groups excluding carboxylic acids is 2. The van der Waals surface area contributed by atoms with E-state index in [0.29, 0.717) is 0 Å². The Morgan fingerprint density at radius 1 is 1.12 bits per heavy atom. The summed E-state index contributed by atoms with van der Waals surface area (Å²) >= 11 is 1.46. The van der Waals surface area contributed by atoms with Crippen LogP contribution in [0, 0.1) is 10.1 Å². The average molecular weight is 475 g/mol. The normalized spacial score (nSPS) is 12.0. The van der Waals surface area contributed by atoms with Crippen LogP contribution in [0.3, 0.4) is 0 Å². The van der Waals surface area contributed by atoms with Gasteiger partial charge in [0, 0.05) is 17.2 Å². The van der Waals surface area contributed by atoms with Crippen LogP contribution in [-0.4, -0.2) is 38.1 Å². The van der Waals surface area contributed by atoms with Crippen molar-refractivity contribution in [2.75, 3.05) is 12.9 Å². The summed E-state index contributed by atoms with van der Waals surface area (Å²) in [4.78, 5) is 35.4. The highest BCUT2D eigenvalue weighted by atomic mass is 32.2. The third kappa shape index (κ3) is 5.56. The van der Waals surface area contributed by atoms with E-state index in [0.717, 1.165) is 34.9 Å². The molecular weight excluding hydrogens is 456 g/mol. The van der Waals surface area contributed by atoms with Gasteiger partial charge < -0.3 is 10.1 Å². The lowest BCUT2D eigenvalue weighted by Crippen LogP contribution is -2.32. The molecule has 1 heterocycles. The van der Waals surface area contributed by atoms with Gasteiger partial charge >= 0.3 is 5.97 Å². The molecule has 0 spiro atoms. The van der Waals surface area contributed by atoms with Gasteiger partial charge in [0.1, 0.15) is 4.90 Å². The van der Waals surface area contributed by atoms with Crippen LogP contribution in [-0.2, 0) is 19.4 Å². The van der Waals surface area contributed by atoms with Crippen LogP contribution in [0.1, 0.15) is 26.8 Å². The molecule has 9 nitrogen and oxygen atoms in total. The number of carbonyl (C=O) groups is 2. The number of esters is 1. The molecule has 0 aliphatic carbocycles. The number of amides is 1. The van der Waals surface area contributed by atoms with E-state index in [-0.39, 0.29) is 5.56 Å². The van der Waals surface area contributed by atoms with Gasteiger partial charge in [0.15, 0.2) is 16.4 Å². The molecule has 11 heteroatoms. The molecule has 32 heavy (non-hydrogen) atoms. The lowest BCUT2D eigenvalue weighted by Gasteiger charge is -2.18. The number of hydrogen-bond acceptors (Lipinski definition) is 8. The van der Waals surface area contributed by atoms with Crippen LogP contribution in [0.5, 0.6) is 0 Å². The summed E-state index contributed by atoms with van der Waals surface area (Å²) in [7, 11) is -3.87. The first-order valence-electron chi connectivity index (χ1n) is 9.20. The smallest absolute Gasteiger partial charge is 0.338 e. The molecular formula is C21H18N2O7S2. The van der Waals surface area contributed by atoms with E-state index in [2.05, 4.69) is 5.32 Å². The van der Waals surface area contributed by atoms with Gasteiger partial charge in [-0.1, -0.05) is 36.4 Å². The third-order valence-electron chi connectivity index (χ3n) is 4.39. The topological polar surface area (TPSA) is 133 Å². The zero-order chi connectivity index (χ0) is 23.3. The summed E-state index contributed by atoms with van der Waals surface area (Å²) in [6.07, 6.45) is 0.828. The summed E-state index contributed by atoms with van der Waals surface area (Å²) in [6, 6.07) is 15.4. The van der Waals surface area contributed by atoms with Gasteiger partial charge in [-0.2, -0.15) is 0 Å². The standard InChI is InChI=1S/C21H18N2O7S2/c1-32(28,29)18-10-9-15(12-16(18)23(26)27)21(25)30-13-19(24)22-20(17-8-5-11-31-17)14-6-3-2-4-7-14/h2-12,20H,13H2,1H3,(H,22,24). The highest BCUT2D eigenvalue weighted by Gasteiger charge is 2.25. The van der Waals surface area contributed by atoms with Gasteiger partial charge in [-0.15, -0.1) is 11.3 Å². The molecule has 0 aliphatic heterocycles. The largest absolute Gasteiger partial charge is 0.452 e. The number of rotatable bonds is 8. The van der Waals surface area contributed by atoms with Gasteiger partial charge in [-0.25, -0.2) is 13.2 Å². The van der Waals surface area contributed by atoms with Crippen LogP contribution < -0.4 is 5.32 Å². The summed E-state index contributed by atoms with van der Waals surface area (Å²) < 4.78 is 28.4. The summed E-state index contributed by atoms with van der Waals surface area (Å²) in [5, 5.41) is 15.9. The Morgan fingerprint density at radius 2 is 1.84 bits per heavy atom. The maximum absolute atomic E-state index is 12.4. The first-order valence-corrected chi connectivity index (χ1v) is 12.0. The van der Waals surface area contributed by atoms with Crippen molar-refractivity contribution in [1.29, 1.82) is 0 Å². The second-order valence-corrected chi connectivity index (χ2v) is 9.68. The number of nitro groups is 1. The fourth-order valence-corrected chi connectivity index (χ4v) is 4.57. The zero-order valence-electron chi connectivity index (χ0n) is 16.8. The Hall–Kier alpha value is -3.57. The first-order chi connectivity index (χ1) is 15.2. The number of benzene rings is 2. The molecule has 0 fully saturated rings. The summed E-state index contributed by atoms with van der Waals surface area (Å²) in [6.45, 7) is -0.616. The van der Waals surface area contributed by atoms with E-state index < -0.39 is 49.9 Å². The Labute approximate surface area is 187 Å². The lowest BCUT2D eigenvalue weighted by atomic mass is 10.1. The van der Waals surface area contributed by atoms with E-state index in [9.17, 15) is 28.1 Å². The molecule has 0 radical (unpaired) electrons. The summed E-state index contributed by atoms with van der Waals surface area (Å²) in [5.74, 6) is -1.56. The number of nitrogens with zero attached hydrogens (tertiary/aromatic N) is 1. The Morgan fingerprint density at radius 3 is 2.44 bits per heavy atom. The number of thiophene rings is 1. The molecule has 166 valence electrons. The highest BCUT2D eigenvalue weighted by molar-refractivity contribution is 7.90. The van der Waals surface area contributed by atoms with Gasteiger partial charge in [0.25, 0.3) is 11.6 Å². The second-order valence-electron chi connectivity index (χ2n) is 6.71. The molecule has 0 saturated carbocycles. The molecule has 1 amide bonds. The molecule has 1 atom stereocenters. The molecule has 1 unspecified atom stereocenters. The number of ether oxygens (including phenoxy) is 1. The molecule has 0 bridgehead atoms. The van der Waals surface area contributed by atoms with Gasteiger partial charge in [0.2, 0.25) is 0 Å². The van der Waals surface area contributed by atoms with Crippen molar-refractivity contribution in [3.63, 3.8) is 0 Å². The van der Waals surface area contributed by atoms with Crippen molar-refractivity contribution in [2.45, 2.75) is 10.9 Å². The Bertz CT molecular complexity index is 1240. The monoisotopic (exact) mass is 474 g/mol. The maximum Gasteiger partial charge on any atom is 0.338 e. The predicted octanol–water partition coefficient (Wildman–Crippen LogP) is 3.12. The molecule has 1 aromatic heterocycles. The van der Waals surface area contributed by atoms with Crippen molar-refractivity contribution in [1.82, 2.24) is 5.32 Å². The van der Waals surface area contributed by atoms with Crippen LogP contribution in [0.15, 0.2) is 70.9 Å². The van der Waals surface area contributed by atoms with Gasteiger partial charge in [0.05, 0.1) is 16.5 Å². The second kappa shape index (κ2) is 9.71. The van der Waals surface area contributed by atoms with E-state index in [1.54, 1.807) is 0 Å². The Balaban J connectivity index is 1.71. The quantitative estimate of drug-likeness (QED) is 0.301. The molecule has 2 aromatic carbocycles. The fraction of sp³-hybridized carbons (Fsp3) is 0.143. The fourth-order valence-electron chi connectivity index (χ4n) is 2.94. The Kier molecular flexibility index (Phi) is 7.01. The summed E-state index contributed by atoms with van der Waals surface area (Å²) in [5.41, 5.74) is -0.135. The van der Waals surface area contributed by atoms with Crippen LogP contribution in [0.2, 0.25) is 0 Å². The van der Waals surface area contributed by atoms with Crippen molar-refractivity contribution < 1.29 is 27.7 Å². The predicted molar refractivity (Wildman–Crippen MR) is 117 cm³/mol. The van der Waals surface area contributed by atoms with Crippen molar-refractivity contribution in [2.24, 2.45) is 0 Å². The van der Waals surface area contributed by atoms with Crippen LogP contribution >= 0.6 is 11.3 Å². The van der Waals surface area contributed by atoms with Crippen LogP contribution in [0.25, 0.3) is 0 Å². The number of sulfone groups is 1. The molecule has 0 aliphatic rings. The molecule has 1 N–H and O–H groups in total. The van der Waals surface area contributed by atoms with Gasteiger partial charge in [-0.05, 0) is 29.1 Å².